The van der Waals surface area contributed by atoms with E-state index in [0.29, 0.717) is 12.5 Å². The van der Waals surface area contributed by atoms with Gasteiger partial charge in [0.15, 0.2) is 0 Å². The number of aliphatic hydroxyl groups is 1. The smallest absolute Gasteiger partial charge is 0.0968 e. The molecule has 1 aromatic heterocycles. The lowest BCUT2D eigenvalue weighted by Crippen LogP contribution is -2.21. The van der Waals surface area contributed by atoms with Crippen molar-refractivity contribution in [2.45, 2.75) is 13.0 Å². The third-order valence-corrected chi connectivity index (χ3v) is 3.97. The Morgan fingerprint density at radius 2 is 2.10 bits per heavy atom. The highest BCUT2D eigenvalue weighted by Gasteiger charge is 2.23. The second kappa shape index (κ2) is 5.77. The molecule has 1 unspecified atom stereocenters. The van der Waals surface area contributed by atoms with E-state index in [2.05, 4.69) is 28.3 Å². The monoisotopic (exact) mass is 271 g/mol. The molecule has 0 bridgehead atoms. The molecule has 0 aliphatic carbocycles. The number of aliphatic hydroxyl groups excluding tert-OH is 1. The predicted octanol–water partition coefficient (Wildman–Crippen LogP) is 1.90. The van der Waals surface area contributed by atoms with Crippen LogP contribution in [0.15, 0.2) is 36.5 Å². The van der Waals surface area contributed by atoms with Crippen LogP contribution in [0.2, 0.25) is 0 Å². The Labute approximate surface area is 119 Å². The summed E-state index contributed by atoms with van der Waals surface area (Å²) in [6.07, 6.45) is 3.20. The summed E-state index contributed by atoms with van der Waals surface area (Å²) in [6.45, 7) is 3.26. The van der Waals surface area contributed by atoms with Crippen molar-refractivity contribution in [1.82, 2.24) is 14.7 Å². The quantitative estimate of drug-likeness (QED) is 0.923. The third kappa shape index (κ3) is 2.76. The van der Waals surface area contributed by atoms with E-state index in [1.54, 1.807) is 0 Å². The van der Waals surface area contributed by atoms with Crippen molar-refractivity contribution < 1.29 is 5.11 Å². The molecule has 2 aromatic rings. The molecule has 3 rings (SSSR count). The SMILES string of the molecule is Cn1cc(CN2CCC(CO)C2)c(-c2ccccc2)n1. The number of aromatic nitrogens is 2. The first-order chi connectivity index (χ1) is 9.76. The Kier molecular flexibility index (Phi) is 3.85. The van der Waals surface area contributed by atoms with Gasteiger partial charge in [0.05, 0.1) is 5.69 Å². The topological polar surface area (TPSA) is 41.3 Å². The van der Waals surface area contributed by atoms with Gasteiger partial charge in [0, 0.05) is 44.1 Å². The molecule has 20 heavy (non-hydrogen) atoms. The van der Waals surface area contributed by atoms with Gasteiger partial charge in [-0.25, -0.2) is 0 Å². The lowest BCUT2D eigenvalue weighted by molar-refractivity contribution is 0.220. The minimum atomic E-state index is 0.301. The van der Waals surface area contributed by atoms with Crippen LogP contribution in [0, 0.1) is 5.92 Å². The van der Waals surface area contributed by atoms with Gasteiger partial charge in [-0.3, -0.25) is 9.58 Å². The van der Waals surface area contributed by atoms with Gasteiger partial charge in [0.2, 0.25) is 0 Å². The van der Waals surface area contributed by atoms with E-state index in [-0.39, 0.29) is 0 Å². The largest absolute Gasteiger partial charge is 0.396 e. The van der Waals surface area contributed by atoms with Gasteiger partial charge < -0.3 is 5.11 Å². The van der Waals surface area contributed by atoms with E-state index in [9.17, 15) is 5.11 Å². The molecule has 4 nitrogen and oxygen atoms in total. The van der Waals surface area contributed by atoms with Gasteiger partial charge in [-0.15, -0.1) is 0 Å². The summed E-state index contributed by atoms with van der Waals surface area (Å²) < 4.78 is 1.89. The van der Waals surface area contributed by atoms with Gasteiger partial charge in [0.1, 0.15) is 0 Å². The molecule has 1 aromatic carbocycles. The summed E-state index contributed by atoms with van der Waals surface area (Å²) in [5.74, 6) is 0.437. The van der Waals surface area contributed by atoms with Crippen LogP contribution in [0.4, 0.5) is 0 Å². The van der Waals surface area contributed by atoms with E-state index < -0.39 is 0 Å². The Morgan fingerprint density at radius 1 is 1.30 bits per heavy atom. The highest BCUT2D eigenvalue weighted by Crippen LogP contribution is 2.25. The number of hydrogen-bond acceptors (Lipinski definition) is 3. The third-order valence-electron chi connectivity index (χ3n) is 3.97. The average molecular weight is 271 g/mol. The molecule has 1 N–H and O–H groups in total. The summed E-state index contributed by atoms with van der Waals surface area (Å²) >= 11 is 0. The van der Waals surface area contributed by atoms with Crippen LogP contribution < -0.4 is 0 Å². The van der Waals surface area contributed by atoms with Crippen molar-refractivity contribution in [2.75, 3.05) is 19.7 Å². The fraction of sp³-hybridized carbons (Fsp3) is 0.438. The van der Waals surface area contributed by atoms with Crippen LogP contribution in [-0.4, -0.2) is 39.5 Å². The van der Waals surface area contributed by atoms with E-state index >= 15 is 0 Å². The van der Waals surface area contributed by atoms with E-state index in [1.165, 1.54) is 11.1 Å². The number of benzene rings is 1. The highest BCUT2D eigenvalue weighted by molar-refractivity contribution is 5.62. The summed E-state index contributed by atoms with van der Waals surface area (Å²) in [6, 6.07) is 10.3. The minimum absolute atomic E-state index is 0.301. The second-order valence-electron chi connectivity index (χ2n) is 5.62. The molecule has 1 aliphatic rings. The summed E-state index contributed by atoms with van der Waals surface area (Å²) in [5.41, 5.74) is 3.50. The first-order valence-corrected chi connectivity index (χ1v) is 7.17. The van der Waals surface area contributed by atoms with Gasteiger partial charge in [-0.1, -0.05) is 30.3 Å². The summed E-state index contributed by atoms with van der Waals surface area (Å²) in [4.78, 5) is 2.41. The van der Waals surface area contributed by atoms with Crippen molar-refractivity contribution in [3.05, 3.63) is 42.1 Å². The summed E-state index contributed by atoms with van der Waals surface area (Å²) in [5, 5.41) is 13.8. The maximum atomic E-state index is 9.24. The Balaban J connectivity index is 1.80. The van der Waals surface area contributed by atoms with E-state index in [1.807, 2.05) is 29.9 Å². The lowest BCUT2D eigenvalue weighted by atomic mass is 10.1. The number of nitrogens with zero attached hydrogens (tertiary/aromatic N) is 3. The van der Waals surface area contributed by atoms with Crippen molar-refractivity contribution in [1.29, 1.82) is 0 Å². The number of rotatable bonds is 4. The molecule has 0 saturated carbocycles. The van der Waals surface area contributed by atoms with Crippen molar-refractivity contribution in [3.63, 3.8) is 0 Å². The van der Waals surface area contributed by atoms with Gasteiger partial charge in [0.25, 0.3) is 0 Å². The van der Waals surface area contributed by atoms with Gasteiger partial charge >= 0.3 is 0 Å². The Hall–Kier alpha value is -1.65. The molecule has 1 saturated heterocycles. The molecule has 1 fully saturated rings. The molecule has 0 spiro atoms. The molecule has 0 amide bonds. The zero-order valence-electron chi connectivity index (χ0n) is 11.9. The van der Waals surface area contributed by atoms with Crippen LogP contribution in [-0.2, 0) is 13.6 Å². The molecule has 1 atom stereocenters. The zero-order valence-corrected chi connectivity index (χ0v) is 11.9. The highest BCUT2D eigenvalue weighted by atomic mass is 16.3. The number of aryl methyl sites for hydroxylation is 1. The lowest BCUT2D eigenvalue weighted by Gasteiger charge is -2.15. The number of likely N-dealkylation sites (tertiary alicyclic amines) is 1. The Bertz CT molecular complexity index is 564. The maximum absolute atomic E-state index is 9.24. The van der Waals surface area contributed by atoms with Crippen LogP contribution in [0.5, 0.6) is 0 Å². The molecular formula is C16H21N3O. The van der Waals surface area contributed by atoms with Gasteiger partial charge in [-0.05, 0) is 18.9 Å². The van der Waals surface area contributed by atoms with E-state index in [4.69, 9.17) is 0 Å². The molecule has 106 valence electrons. The standard InChI is InChI=1S/C16H21N3O/c1-18-10-15(11-19-8-7-13(9-19)12-20)16(17-18)14-5-3-2-4-6-14/h2-6,10,13,20H,7-9,11-12H2,1H3. The second-order valence-corrected chi connectivity index (χ2v) is 5.62. The molecular weight excluding hydrogens is 250 g/mol. The average Bonchev–Trinajstić information content (AvgIpc) is 3.07. The molecule has 4 heteroatoms. The summed E-state index contributed by atoms with van der Waals surface area (Å²) in [7, 11) is 1.97. The fourth-order valence-corrected chi connectivity index (χ4v) is 2.94. The van der Waals surface area contributed by atoms with Crippen LogP contribution in [0.3, 0.4) is 0 Å². The normalized spacial score (nSPS) is 19.6. The maximum Gasteiger partial charge on any atom is 0.0968 e. The number of hydrogen-bond donors (Lipinski definition) is 1. The van der Waals surface area contributed by atoms with E-state index in [0.717, 1.165) is 31.7 Å². The molecule has 1 aliphatic heterocycles. The minimum Gasteiger partial charge on any atom is -0.396 e. The Morgan fingerprint density at radius 3 is 2.80 bits per heavy atom. The first kappa shape index (κ1) is 13.3. The predicted molar refractivity (Wildman–Crippen MR) is 79.1 cm³/mol. The van der Waals surface area contributed by atoms with Crippen molar-refractivity contribution in [2.24, 2.45) is 13.0 Å². The first-order valence-electron chi connectivity index (χ1n) is 7.17. The van der Waals surface area contributed by atoms with Gasteiger partial charge in [-0.2, -0.15) is 5.10 Å². The fourth-order valence-electron chi connectivity index (χ4n) is 2.94. The zero-order chi connectivity index (χ0) is 13.9. The molecule has 0 radical (unpaired) electrons. The van der Waals surface area contributed by atoms with Crippen molar-refractivity contribution in [3.8, 4) is 11.3 Å². The van der Waals surface area contributed by atoms with Crippen LogP contribution in [0.25, 0.3) is 11.3 Å². The van der Waals surface area contributed by atoms with Crippen LogP contribution >= 0.6 is 0 Å². The van der Waals surface area contributed by atoms with Crippen LogP contribution in [0.1, 0.15) is 12.0 Å². The van der Waals surface area contributed by atoms with Crippen molar-refractivity contribution >= 4 is 0 Å². The molecule has 2 heterocycles.